The first-order valence-corrected chi connectivity index (χ1v) is 5.08. The number of aldehydes is 1. The van der Waals surface area contributed by atoms with Gasteiger partial charge in [0, 0.05) is 5.92 Å². The van der Waals surface area contributed by atoms with Gasteiger partial charge in [-0.3, -0.25) is 0 Å². The summed E-state index contributed by atoms with van der Waals surface area (Å²) in [4.78, 5) is 11.0. The largest absolute Gasteiger partial charge is 0.504 e. The van der Waals surface area contributed by atoms with Gasteiger partial charge in [0.25, 0.3) is 0 Å². The molecule has 1 fully saturated rings. The molecule has 3 heteroatoms. The van der Waals surface area contributed by atoms with Gasteiger partial charge < -0.3 is 14.6 Å². The van der Waals surface area contributed by atoms with Crippen molar-refractivity contribution in [1.29, 1.82) is 0 Å². The Morgan fingerprint density at radius 3 is 2.80 bits per heavy atom. The number of hydrogen-bond donors (Lipinski definition) is 1. The molecule has 0 aliphatic heterocycles. The molecule has 1 aliphatic carbocycles. The fourth-order valence-electron chi connectivity index (χ4n) is 1.82. The highest BCUT2D eigenvalue weighted by molar-refractivity contribution is 5.64. The minimum absolute atomic E-state index is 0.0421. The van der Waals surface area contributed by atoms with E-state index in [9.17, 15) is 9.90 Å². The molecule has 15 heavy (non-hydrogen) atoms. The summed E-state index contributed by atoms with van der Waals surface area (Å²) in [5.74, 6) is 0.984. The van der Waals surface area contributed by atoms with Crippen LogP contribution in [0.1, 0.15) is 24.3 Å². The molecule has 0 saturated heterocycles. The number of carbonyl (C=O) groups excluding carboxylic acids is 1. The summed E-state index contributed by atoms with van der Waals surface area (Å²) < 4.78 is 5.01. The SMILES string of the molecule is COc1cc(C(C=O)C2CC2)ccc1O. The van der Waals surface area contributed by atoms with Crippen LogP contribution >= 0.6 is 0 Å². The fourth-order valence-corrected chi connectivity index (χ4v) is 1.82. The van der Waals surface area contributed by atoms with Gasteiger partial charge in [-0.05, 0) is 36.5 Å². The molecular formula is C12H14O3. The van der Waals surface area contributed by atoms with E-state index in [4.69, 9.17) is 4.74 Å². The molecule has 0 amide bonds. The van der Waals surface area contributed by atoms with Crippen LogP contribution in [0.5, 0.6) is 11.5 Å². The molecule has 1 aromatic rings. The molecule has 1 unspecified atom stereocenters. The van der Waals surface area contributed by atoms with Crippen LogP contribution < -0.4 is 4.74 Å². The first-order valence-electron chi connectivity index (χ1n) is 5.08. The van der Waals surface area contributed by atoms with Crippen molar-refractivity contribution in [2.75, 3.05) is 7.11 Å². The summed E-state index contributed by atoms with van der Waals surface area (Å²) in [5.41, 5.74) is 0.933. The average molecular weight is 206 g/mol. The Morgan fingerprint density at radius 1 is 1.53 bits per heavy atom. The van der Waals surface area contributed by atoms with E-state index in [0.717, 1.165) is 24.7 Å². The van der Waals surface area contributed by atoms with E-state index in [2.05, 4.69) is 0 Å². The number of carbonyl (C=O) groups is 1. The van der Waals surface area contributed by atoms with Crippen LogP contribution in [0, 0.1) is 5.92 Å². The Morgan fingerprint density at radius 2 is 2.27 bits per heavy atom. The maximum Gasteiger partial charge on any atom is 0.160 e. The predicted octanol–water partition coefficient (Wildman–Crippen LogP) is 2.09. The highest BCUT2D eigenvalue weighted by Gasteiger charge is 2.32. The first kappa shape index (κ1) is 10.0. The smallest absolute Gasteiger partial charge is 0.160 e. The Balaban J connectivity index is 2.30. The quantitative estimate of drug-likeness (QED) is 0.767. The number of hydrogen-bond acceptors (Lipinski definition) is 3. The molecule has 2 rings (SSSR count). The van der Waals surface area contributed by atoms with Gasteiger partial charge in [-0.2, -0.15) is 0 Å². The predicted molar refractivity (Wildman–Crippen MR) is 56.2 cm³/mol. The molecule has 1 atom stereocenters. The zero-order valence-electron chi connectivity index (χ0n) is 8.64. The van der Waals surface area contributed by atoms with Crippen LogP contribution in [0.4, 0.5) is 0 Å². The first-order chi connectivity index (χ1) is 7.26. The minimum Gasteiger partial charge on any atom is -0.504 e. The maximum atomic E-state index is 11.0. The molecule has 1 aromatic carbocycles. The van der Waals surface area contributed by atoms with E-state index in [-0.39, 0.29) is 11.7 Å². The summed E-state index contributed by atoms with van der Waals surface area (Å²) in [6.45, 7) is 0. The lowest BCUT2D eigenvalue weighted by Crippen LogP contribution is -2.02. The van der Waals surface area contributed by atoms with Crippen molar-refractivity contribution in [3.05, 3.63) is 23.8 Å². The lowest BCUT2D eigenvalue weighted by atomic mass is 9.95. The van der Waals surface area contributed by atoms with Crippen molar-refractivity contribution < 1.29 is 14.6 Å². The van der Waals surface area contributed by atoms with Crippen LogP contribution in [-0.2, 0) is 4.79 Å². The van der Waals surface area contributed by atoms with Crippen molar-refractivity contribution in [2.45, 2.75) is 18.8 Å². The number of aromatic hydroxyl groups is 1. The number of phenolic OH excluding ortho intramolecular Hbond substituents is 1. The Labute approximate surface area is 88.7 Å². The molecule has 1 aliphatic rings. The van der Waals surface area contributed by atoms with E-state index < -0.39 is 0 Å². The zero-order chi connectivity index (χ0) is 10.8. The van der Waals surface area contributed by atoms with Gasteiger partial charge in [-0.1, -0.05) is 6.07 Å². The second-order valence-corrected chi connectivity index (χ2v) is 3.93. The molecule has 0 aromatic heterocycles. The molecule has 3 nitrogen and oxygen atoms in total. The van der Waals surface area contributed by atoms with E-state index in [1.807, 2.05) is 0 Å². The zero-order valence-corrected chi connectivity index (χ0v) is 8.64. The number of phenols is 1. The Bertz CT molecular complexity index is 369. The summed E-state index contributed by atoms with van der Waals surface area (Å²) in [5, 5.41) is 9.43. The Hall–Kier alpha value is -1.51. The summed E-state index contributed by atoms with van der Waals surface area (Å²) in [6, 6.07) is 5.11. The number of ether oxygens (including phenoxy) is 1. The van der Waals surface area contributed by atoms with Crippen molar-refractivity contribution >= 4 is 6.29 Å². The molecule has 1 N–H and O–H groups in total. The van der Waals surface area contributed by atoms with Gasteiger partial charge in [0.1, 0.15) is 6.29 Å². The standard InChI is InChI=1S/C12H14O3/c1-15-12-6-9(4-5-11(12)14)10(7-13)8-2-3-8/h4-8,10,14H,2-3H2,1H3. The van der Waals surface area contributed by atoms with Gasteiger partial charge in [0.15, 0.2) is 11.5 Å². The minimum atomic E-state index is -0.0421. The monoisotopic (exact) mass is 206 g/mol. The van der Waals surface area contributed by atoms with Crippen LogP contribution in [0.2, 0.25) is 0 Å². The summed E-state index contributed by atoms with van der Waals surface area (Å²) in [7, 11) is 1.51. The average Bonchev–Trinajstić information content (AvgIpc) is 3.06. The van der Waals surface area contributed by atoms with Crippen LogP contribution in [-0.4, -0.2) is 18.5 Å². The Kier molecular flexibility index (Phi) is 2.62. The molecular weight excluding hydrogens is 192 g/mol. The van der Waals surface area contributed by atoms with Gasteiger partial charge >= 0.3 is 0 Å². The van der Waals surface area contributed by atoms with E-state index in [1.54, 1.807) is 18.2 Å². The third-order valence-electron chi connectivity index (χ3n) is 2.87. The lowest BCUT2D eigenvalue weighted by molar-refractivity contribution is -0.109. The molecule has 0 heterocycles. The van der Waals surface area contributed by atoms with Crippen molar-refractivity contribution in [3.63, 3.8) is 0 Å². The second kappa shape index (κ2) is 3.93. The normalized spacial score (nSPS) is 17.1. The van der Waals surface area contributed by atoms with Gasteiger partial charge in [0.2, 0.25) is 0 Å². The van der Waals surface area contributed by atoms with Crippen LogP contribution in [0.15, 0.2) is 18.2 Å². The molecule has 0 radical (unpaired) electrons. The highest BCUT2D eigenvalue weighted by atomic mass is 16.5. The number of benzene rings is 1. The lowest BCUT2D eigenvalue weighted by Gasteiger charge is -2.11. The molecule has 0 spiro atoms. The molecule has 1 saturated carbocycles. The fraction of sp³-hybridized carbons (Fsp3) is 0.417. The van der Waals surface area contributed by atoms with Crippen molar-refractivity contribution in [2.24, 2.45) is 5.92 Å². The second-order valence-electron chi connectivity index (χ2n) is 3.93. The van der Waals surface area contributed by atoms with E-state index >= 15 is 0 Å². The number of rotatable bonds is 4. The summed E-state index contributed by atoms with van der Waals surface area (Å²) in [6.07, 6.45) is 3.22. The highest BCUT2D eigenvalue weighted by Crippen LogP contribution is 2.42. The van der Waals surface area contributed by atoms with E-state index in [0.29, 0.717) is 11.7 Å². The van der Waals surface area contributed by atoms with Gasteiger partial charge in [0.05, 0.1) is 7.11 Å². The van der Waals surface area contributed by atoms with Crippen LogP contribution in [0.3, 0.4) is 0 Å². The maximum absolute atomic E-state index is 11.0. The van der Waals surface area contributed by atoms with Crippen molar-refractivity contribution in [3.8, 4) is 11.5 Å². The third-order valence-corrected chi connectivity index (χ3v) is 2.87. The topological polar surface area (TPSA) is 46.5 Å². The van der Waals surface area contributed by atoms with Crippen LogP contribution in [0.25, 0.3) is 0 Å². The van der Waals surface area contributed by atoms with Gasteiger partial charge in [-0.15, -0.1) is 0 Å². The summed E-state index contributed by atoms with van der Waals surface area (Å²) >= 11 is 0. The third kappa shape index (κ3) is 1.96. The number of methoxy groups -OCH3 is 1. The molecule has 0 bridgehead atoms. The van der Waals surface area contributed by atoms with E-state index in [1.165, 1.54) is 7.11 Å². The van der Waals surface area contributed by atoms with Crippen molar-refractivity contribution in [1.82, 2.24) is 0 Å². The molecule has 80 valence electrons. The van der Waals surface area contributed by atoms with Gasteiger partial charge in [-0.25, -0.2) is 0 Å².